The highest BCUT2D eigenvalue weighted by Crippen LogP contribution is 2.33. The smallest absolute Gasteiger partial charge is 0.143 e. The molecule has 12 heavy (non-hydrogen) atoms. The van der Waals surface area contributed by atoms with Crippen molar-refractivity contribution < 1.29 is 5.11 Å². The number of nitrogens with zero attached hydrogens (tertiary/aromatic N) is 1. The summed E-state index contributed by atoms with van der Waals surface area (Å²) in [5.41, 5.74) is 1.75. The zero-order valence-corrected chi connectivity index (χ0v) is 8.11. The van der Waals surface area contributed by atoms with Crippen LogP contribution >= 0.6 is 22.9 Å². The van der Waals surface area contributed by atoms with E-state index in [2.05, 4.69) is 4.98 Å². The molecular formula is C8H10ClNOS. The number of aliphatic hydroxyl groups is 1. The average molecular weight is 204 g/mol. The van der Waals surface area contributed by atoms with E-state index in [4.69, 9.17) is 11.6 Å². The molecule has 4 heteroatoms. The van der Waals surface area contributed by atoms with Gasteiger partial charge in [-0.05, 0) is 25.2 Å². The van der Waals surface area contributed by atoms with Crippen molar-refractivity contribution in [2.24, 2.45) is 5.92 Å². The van der Waals surface area contributed by atoms with Gasteiger partial charge in [0.1, 0.15) is 5.15 Å². The van der Waals surface area contributed by atoms with Crippen LogP contribution in [0.5, 0.6) is 0 Å². The van der Waals surface area contributed by atoms with Gasteiger partial charge in [-0.25, -0.2) is 4.98 Å². The van der Waals surface area contributed by atoms with Crippen molar-refractivity contribution in [1.82, 2.24) is 4.98 Å². The third-order valence-corrected chi connectivity index (χ3v) is 3.71. The molecule has 2 nitrogen and oxygen atoms in total. The molecule has 66 valence electrons. The molecule has 0 aliphatic heterocycles. The fourth-order valence-electron chi connectivity index (χ4n) is 1.42. The van der Waals surface area contributed by atoms with Crippen LogP contribution in [-0.4, -0.2) is 16.2 Å². The number of halogens is 1. The van der Waals surface area contributed by atoms with Gasteiger partial charge in [-0.3, -0.25) is 0 Å². The molecule has 2 atom stereocenters. The summed E-state index contributed by atoms with van der Waals surface area (Å²) >= 11 is 7.41. The highest BCUT2D eigenvalue weighted by molar-refractivity contribution is 7.10. The van der Waals surface area contributed by atoms with Gasteiger partial charge in [-0.2, -0.15) is 0 Å². The molecule has 1 aromatic rings. The van der Waals surface area contributed by atoms with Crippen molar-refractivity contribution in [3.63, 3.8) is 0 Å². The largest absolute Gasteiger partial charge is 0.393 e. The van der Waals surface area contributed by atoms with Gasteiger partial charge < -0.3 is 5.11 Å². The quantitative estimate of drug-likeness (QED) is 0.799. The number of thiazole rings is 1. The second-order valence-electron chi connectivity index (χ2n) is 3.18. The van der Waals surface area contributed by atoms with E-state index >= 15 is 0 Å². The number of hydrogen-bond donors (Lipinski definition) is 1. The molecule has 1 saturated carbocycles. The van der Waals surface area contributed by atoms with E-state index in [1.54, 1.807) is 16.8 Å². The minimum atomic E-state index is -0.108. The first-order valence-corrected chi connectivity index (χ1v) is 5.29. The van der Waals surface area contributed by atoms with Gasteiger partial charge in [0.2, 0.25) is 0 Å². The molecule has 1 aliphatic rings. The van der Waals surface area contributed by atoms with Gasteiger partial charge >= 0.3 is 0 Å². The van der Waals surface area contributed by atoms with E-state index in [0.29, 0.717) is 11.1 Å². The van der Waals surface area contributed by atoms with E-state index in [9.17, 15) is 5.11 Å². The lowest BCUT2D eigenvalue weighted by Gasteiger charge is -2.31. The summed E-state index contributed by atoms with van der Waals surface area (Å²) in [5.74, 6) is 0.419. The number of aliphatic hydroxyl groups excluding tert-OH is 1. The average Bonchev–Trinajstić information content (AvgIpc) is 2.44. The Bertz CT molecular complexity index is 276. The van der Waals surface area contributed by atoms with Crippen LogP contribution in [0.2, 0.25) is 5.15 Å². The Labute approximate surface area is 80.2 Å². The van der Waals surface area contributed by atoms with Crippen molar-refractivity contribution in [2.75, 3.05) is 0 Å². The van der Waals surface area contributed by atoms with E-state index < -0.39 is 0 Å². The van der Waals surface area contributed by atoms with Crippen LogP contribution in [0.25, 0.3) is 0 Å². The standard InChI is InChI=1S/C8H10ClNOS/c9-8-7(12-4-10-8)3-5-1-2-6(5)11/h4-6,11H,1-3H2. The van der Waals surface area contributed by atoms with Crippen molar-refractivity contribution in [2.45, 2.75) is 25.4 Å². The Morgan fingerprint density at radius 3 is 2.92 bits per heavy atom. The third kappa shape index (κ3) is 1.49. The fourth-order valence-corrected chi connectivity index (χ4v) is 2.48. The Kier molecular flexibility index (Phi) is 2.35. The number of hydrogen-bond acceptors (Lipinski definition) is 3. The van der Waals surface area contributed by atoms with Crippen molar-refractivity contribution >= 4 is 22.9 Å². The molecule has 0 spiro atoms. The van der Waals surface area contributed by atoms with Gasteiger partial charge in [-0.1, -0.05) is 11.6 Å². The lowest BCUT2D eigenvalue weighted by molar-refractivity contribution is 0.0248. The predicted molar refractivity (Wildman–Crippen MR) is 49.6 cm³/mol. The van der Waals surface area contributed by atoms with Crippen LogP contribution in [0.3, 0.4) is 0 Å². The normalized spacial score (nSPS) is 28.5. The molecular weight excluding hydrogens is 194 g/mol. The summed E-state index contributed by atoms with van der Waals surface area (Å²) in [6.07, 6.45) is 2.85. The first-order valence-electron chi connectivity index (χ1n) is 4.03. The van der Waals surface area contributed by atoms with Crippen LogP contribution in [0.4, 0.5) is 0 Å². The van der Waals surface area contributed by atoms with E-state index in [0.717, 1.165) is 24.1 Å². The molecule has 0 amide bonds. The molecule has 0 aromatic carbocycles. The van der Waals surface area contributed by atoms with Gasteiger partial charge in [-0.15, -0.1) is 11.3 Å². The van der Waals surface area contributed by atoms with Crippen LogP contribution in [0, 0.1) is 5.92 Å². The number of aromatic nitrogens is 1. The summed E-state index contributed by atoms with van der Waals surface area (Å²) < 4.78 is 0. The predicted octanol–water partition coefficient (Wildman–Crippen LogP) is 2.11. The lowest BCUT2D eigenvalue weighted by atomic mass is 9.79. The first kappa shape index (κ1) is 8.48. The monoisotopic (exact) mass is 203 g/mol. The van der Waals surface area contributed by atoms with E-state index in [-0.39, 0.29) is 6.10 Å². The van der Waals surface area contributed by atoms with E-state index in [1.165, 1.54) is 0 Å². The summed E-state index contributed by atoms with van der Waals surface area (Å²) in [6, 6.07) is 0. The lowest BCUT2D eigenvalue weighted by Crippen LogP contribution is -2.32. The summed E-state index contributed by atoms with van der Waals surface area (Å²) in [6.45, 7) is 0. The van der Waals surface area contributed by atoms with Crippen molar-refractivity contribution in [3.05, 3.63) is 15.5 Å². The molecule has 0 radical (unpaired) electrons. The molecule has 1 aromatic heterocycles. The topological polar surface area (TPSA) is 33.1 Å². The SMILES string of the molecule is OC1CCC1Cc1scnc1Cl. The Hall–Kier alpha value is -0.120. The van der Waals surface area contributed by atoms with Crippen LogP contribution < -0.4 is 0 Å². The zero-order chi connectivity index (χ0) is 8.55. The first-order chi connectivity index (χ1) is 5.77. The maximum Gasteiger partial charge on any atom is 0.143 e. The van der Waals surface area contributed by atoms with Gasteiger partial charge in [0, 0.05) is 4.88 Å². The maximum absolute atomic E-state index is 9.34. The molecule has 0 saturated heterocycles. The van der Waals surface area contributed by atoms with Crippen LogP contribution in [-0.2, 0) is 6.42 Å². The molecule has 1 heterocycles. The maximum atomic E-state index is 9.34. The second-order valence-corrected chi connectivity index (χ2v) is 4.47. The molecule has 2 rings (SSSR count). The highest BCUT2D eigenvalue weighted by Gasteiger charge is 2.29. The Morgan fingerprint density at radius 1 is 1.67 bits per heavy atom. The van der Waals surface area contributed by atoms with Crippen molar-refractivity contribution in [1.29, 1.82) is 0 Å². The second kappa shape index (κ2) is 3.32. The van der Waals surface area contributed by atoms with Crippen molar-refractivity contribution in [3.8, 4) is 0 Å². The molecule has 0 bridgehead atoms. The molecule has 1 aliphatic carbocycles. The minimum Gasteiger partial charge on any atom is -0.393 e. The van der Waals surface area contributed by atoms with E-state index in [1.807, 2.05) is 0 Å². The Balaban J connectivity index is 1.99. The number of rotatable bonds is 2. The minimum absolute atomic E-state index is 0.108. The Morgan fingerprint density at radius 2 is 2.50 bits per heavy atom. The summed E-state index contributed by atoms with van der Waals surface area (Å²) in [5, 5.41) is 9.95. The summed E-state index contributed by atoms with van der Waals surface area (Å²) in [7, 11) is 0. The zero-order valence-electron chi connectivity index (χ0n) is 6.53. The highest BCUT2D eigenvalue weighted by atomic mass is 35.5. The van der Waals surface area contributed by atoms with Crippen LogP contribution in [0.1, 0.15) is 17.7 Å². The van der Waals surface area contributed by atoms with Crippen LogP contribution in [0.15, 0.2) is 5.51 Å². The fraction of sp³-hybridized carbons (Fsp3) is 0.625. The molecule has 1 N–H and O–H groups in total. The summed E-state index contributed by atoms with van der Waals surface area (Å²) in [4.78, 5) is 5.07. The van der Waals surface area contributed by atoms with Gasteiger partial charge in [0.05, 0.1) is 11.6 Å². The molecule has 2 unspecified atom stereocenters. The third-order valence-electron chi connectivity index (χ3n) is 2.42. The van der Waals surface area contributed by atoms with Gasteiger partial charge in [0.25, 0.3) is 0 Å². The van der Waals surface area contributed by atoms with Gasteiger partial charge in [0.15, 0.2) is 0 Å². The molecule has 1 fully saturated rings.